The first-order valence-electron chi connectivity index (χ1n) is 5.05. The third-order valence-corrected chi connectivity index (χ3v) is 3.05. The Balaban J connectivity index is 2.33. The van der Waals surface area contributed by atoms with Crippen LogP contribution in [0.3, 0.4) is 0 Å². The van der Waals surface area contributed by atoms with Gasteiger partial charge in [-0.3, -0.25) is 0 Å². The van der Waals surface area contributed by atoms with Crippen molar-refractivity contribution in [2.24, 2.45) is 0 Å². The highest BCUT2D eigenvalue weighted by Gasteiger charge is 2.20. The molecule has 0 saturated carbocycles. The van der Waals surface area contributed by atoms with Crippen LogP contribution in [-0.4, -0.2) is 37.2 Å². The topological polar surface area (TPSA) is 12.5 Å². The number of nitrogens with zero attached hydrogens (tertiary/aromatic N) is 1. The molecule has 1 atom stereocenters. The molecule has 0 aromatic heterocycles. The van der Waals surface area contributed by atoms with Gasteiger partial charge in [0.1, 0.15) is 0 Å². The summed E-state index contributed by atoms with van der Waals surface area (Å²) < 4.78 is 5.34. The SMILES string of the molecule is CCC(C)N(C)C1CCOCC1. The van der Waals surface area contributed by atoms with Crippen LogP contribution in [0.2, 0.25) is 0 Å². The van der Waals surface area contributed by atoms with Gasteiger partial charge in [0.15, 0.2) is 0 Å². The fraction of sp³-hybridized carbons (Fsp3) is 1.00. The fourth-order valence-electron chi connectivity index (χ4n) is 1.74. The molecule has 1 aliphatic heterocycles. The maximum Gasteiger partial charge on any atom is 0.0480 e. The van der Waals surface area contributed by atoms with E-state index in [0.29, 0.717) is 6.04 Å². The molecule has 0 aliphatic carbocycles. The van der Waals surface area contributed by atoms with E-state index >= 15 is 0 Å². The summed E-state index contributed by atoms with van der Waals surface area (Å²) in [5, 5.41) is 0. The van der Waals surface area contributed by atoms with E-state index in [4.69, 9.17) is 4.74 Å². The average molecular weight is 171 g/mol. The van der Waals surface area contributed by atoms with Crippen molar-refractivity contribution in [3.8, 4) is 0 Å². The zero-order chi connectivity index (χ0) is 8.97. The van der Waals surface area contributed by atoms with Crippen molar-refractivity contribution in [3.63, 3.8) is 0 Å². The van der Waals surface area contributed by atoms with Crippen LogP contribution in [0.1, 0.15) is 33.1 Å². The van der Waals surface area contributed by atoms with Gasteiger partial charge < -0.3 is 9.64 Å². The molecular weight excluding hydrogens is 150 g/mol. The summed E-state index contributed by atoms with van der Waals surface area (Å²) in [5.41, 5.74) is 0. The Morgan fingerprint density at radius 3 is 2.50 bits per heavy atom. The van der Waals surface area contributed by atoms with Crippen molar-refractivity contribution in [2.75, 3.05) is 20.3 Å². The van der Waals surface area contributed by atoms with Crippen LogP contribution >= 0.6 is 0 Å². The molecule has 2 heteroatoms. The summed E-state index contributed by atoms with van der Waals surface area (Å²) in [6, 6.07) is 1.47. The molecule has 0 N–H and O–H groups in total. The van der Waals surface area contributed by atoms with Gasteiger partial charge in [-0.05, 0) is 33.2 Å². The predicted octanol–water partition coefficient (Wildman–Crippen LogP) is 1.90. The Labute approximate surface area is 75.9 Å². The summed E-state index contributed by atoms with van der Waals surface area (Å²) in [6.45, 7) is 6.45. The fourth-order valence-corrected chi connectivity index (χ4v) is 1.74. The minimum Gasteiger partial charge on any atom is -0.381 e. The van der Waals surface area contributed by atoms with E-state index in [2.05, 4.69) is 25.8 Å². The molecular formula is C10H21NO. The molecule has 2 nitrogen and oxygen atoms in total. The first kappa shape index (κ1) is 10.0. The highest BCUT2D eigenvalue weighted by atomic mass is 16.5. The van der Waals surface area contributed by atoms with Crippen molar-refractivity contribution in [3.05, 3.63) is 0 Å². The molecule has 1 unspecified atom stereocenters. The van der Waals surface area contributed by atoms with Gasteiger partial charge in [0, 0.05) is 25.3 Å². The second-order valence-electron chi connectivity index (χ2n) is 3.77. The van der Waals surface area contributed by atoms with Gasteiger partial charge in [-0.1, -0.05) is 6.92 Å². The van der Waals surface area contributed by atoms with Crippen LogP contribution in [0.5, 0.6) is 0 Å². The summed E-state index contributed by atoms with van der Waals surface area (Å²) in [7, 11) is 2.24. The number of hydrogen-bond donors (Lipinski definition) is 0. The third-order valence-electron chi connectivity index (χ3n) is 3.05. The monoisotopic (exact) mass is 171 g/mol. The molecule has 1 saturated heterocycles. The van der Waals surface area contributed by atoms with E-state index in [0.717, 1.165) is 19.3 Å². The highest BCUT2D eigenvalue weighted by molar-refractivity contribution is 4.75. The molecule has 0 aromatic carbocycles. The van der Waals surface area contributed by atoms with Crippen LogP contribution in [0.4, 0.5) is 0 Å². The Morgan fingerprint density at radius 2 is 2.00 bits per heavy atom. The summed E-state index contributed by atoms with van der Waals surface area (Å²) >= 11 is 0. The minimum absolute atomic E-state index is 0.716. The third kappa shape index (κ3) is 2.46. The molecule has 1 aliphatic rings. The number of hydrogen-bond acceptors (Lipinski definition) is 2. The lowest BCUT2D eigenvalue weighted by atomic mass is 10.1. The summed E-state index contributed by atoms with van der Waals surface area (Å²) in [4.78, 5) is 2.50. The maximum atomic E-state index is 5.34. The van der Waals surface area contributed by atoms with Crippen molar-refractivity contribution in [1.82, 2.24) is 4.90 Å². The lowest BCUT2D eigenvalue weighted by Crippen LogP contribution is -2.41. The normalized spacial score (nSPS) is 23.0. The molecule has 0 radical (unpaired) electrons. The summed E-state index contributed by atoms with van der Waals surface area (Å²) in [5.74, 6) is 0. The number of rotatable bonds is 3. The van der Waals surface area contributed by atoms with Gasteiger partial charge in [-0.15, -0.1) is 0 Å². The highest BCUT2D eigenvalue weighted by Crippen LogP contribution is 2.16. The Bertz CT molecular complexity index is 121. The first-order valence-corrected chi connectivity index (χ1v) is 5.05. The van der Waals surface area contributed by atoms with E-state index in [1.165, 1.54) is 19.3 Å². The maximum absolute atomic E-state index is 5.34. The second kappa shape index (κ2) is 4.83. The smallest absolute Gasteiger partial charge is 0.0480 e. The van der Waals surface area contributed by atoms with Crippen molar-refractivity contribution < 1.29 is 4.74 Å². The molecule has 0 bridgehead atoms. The molecule has 0 spiro atoms. The Hall–Kier alpha value is -0.0800. The molecule has 1 fully saturated rings. The minimum atomic E-state index is 0.716. The summed E-state index contributed by atoms with van der Waals surface area (Å²) in [6.07, 6.45) is 3.66. The van der Waals surface area contributed by atoms with Crippen LogP contribution < -0.4 is 0 Å². The van der Waals surface area contributed by atoms with Crippen molar-refractivity contribution in [1.29, 1.82) is 0 Å². The Morgan fingerprint density at radius 1 is 1.42 bits per heavy atom. The van der Waals surface area contributed by atoms with Gasteiger partial charge in [0.25, 0.3) is 0 Å². The van der Waals surface area contributed by atoms with E-state index in [9.17, 15) is 0 Å². The van der Waals surface area contributed by atoms with Crippen LogP contribution in [-0.2, 0) is 4.74 Å². The van der Waals surface area contributed by atoms with Gasteiger partial charge >= 0.3 is 0 Å². The predicted molar refractivity (Wildman–Crippen MR) is 51.4 cm³/mol. The van der Waals surface area contributed by atoms with Crippen LogP contribution in [0.15, 0.2) is 0 Å². The largest absolute Gasteiger partial charge is 0.381 e. The molecule has 0 aromatic rings. The molecule has 1 heterocycles. The van der Waals surface area contributed by atoms with Crippen molar-refractivity contribution in [2.45, 2.75) is 45.2 Å². The van der Waals surface area contributed by atoms with Crippen LogP contribution in [0, 0.1) is 0 Å². The van der Waals surface area contributed by atoms with Gasteiger partial charge in [0.05, 0.1) is 0 Å². The van der Waals surface area contributed by atoms with E-state index < -0.39 is 0 Å². The van der Waals surface area contributed by atoms with E-state index in [-0.39, 0.29) is 0 Å². The van der Waals surface area contributed by atoms with Crippen LogP contribution in [0.25, 0.3) is 0 Å². The first-order chi connectivity index (χ1) is 5.75. The quantitative estimate of drug-likeness (QED) is 0.643. The standard InChI is InChI=1S/C10H21NO/c1-4-9(2)11(3)10-5-7-12-8-6-10/h9-10H,4-8H2,1-3H3. The molecule has 0 amide bonds. The lowest BCUT2D eigenvalue weighted by molar-refractivity contribution is 0.0306. The average Bonchev–Trinajstić information content (AvgIpc) is 2.17. The molecule has 72 valence electrons. The number of ether oxygens (including phenoxy) is 1. The zero-order valence-corrected chi connectivity index (χ0v) is 8.55. The van der Waals surface area contributed by atoms with E-state index in [1.807, 2.05) is 0 Å². The molecule has 1 rings (SSSR count). The second-order valence-corrected chi connectivity index (χ2v) is 3.77. The van der Waals surface area contributed by atoms with Gasteiger partial charge in [-0.25, -0.2) is 0 Å². The van der Waals surface area contributed by atoms with E-state index in [1.54, 1.807) is 0 Å². The zero-order valence-electron chi connectivity index (χ0n) is 8.55. The van der Waals surface area contributed by atoms with Crippen molar-refractivity contribution >= 4 is 0 Å². The van der Waals surface area contributed by atoms with Gasteiger partial charge in [-0.2, -0.15) is 0 Å². The van der Waals surface area contributed by atoms with Gasteiger partial charge in [0.2, 0.25) is 0 Å². The Kier molecular flexibility index (Phi) is 4.02. The lowest BCUT2D eigenvalue weighted by Gasteiger charge is -2.35. The molecule has 12 heavy (non-hydrogen) atoms.